The summed E-state index contributed by atoms with van der Waals surface area (Å²) in [6, 6.07) is 10.4. The molecule has 2 aromatic rings. The Morgan fingerprint density at radius 2 is 1.81 bits per heavy atom. The summed E-state index contributed by atoms with van der Waals surface area (Å²) >= 11 is 0. The number of ether oxygens (including phenoxy) is 1. The number of hydrogen-bond acceptors (Lipinski definition) is 4. The Kier molecular flexibility index (Phi) is 7.47. The number of nitrogens with one attached hydrogen (secondary N) is 1. The first-order valence-electron chi connectivity index (χ1n) is 13.9. The maximum Gasteiger partial charge on any atom is 0.273 e. The van der Waals surface area contributed by atoms with E-state index in [0.717, 1.165) is 56.2 Å². The zero-order valence-electron chi connectivity index (χ0n) is 21.8. The number of nitrogens with zero attached hydrogens (tertiary/aromatic N) is 3. The van der Waals surface area contributed by atoms with E-state index < -0.39 is 5.54 Å². The van der Waals surface area contributed by atoms with Gasteiger partial charge in [-0.2, -0.15) is 5.10 Å². The van der Waals surface area contributed by atoms with Crippen molar-refractivity contribution in [1.29, 1.82) is 0 Å². The zero-order chi connectivity index (χ0) is 25.1. The predicted molar refractivity (Wildman–Crippen MR) is 140 cm³/mol. The van der Waals surface area contributed by atoms with Crippen LogP contribution in [0, 0.1) is 0 Å². The molecule has 1 saturated carbocycles. The number of hydrogen-bond donors (Lipinski definition) is 1. The van der Waals surface area contributed by atoms with E-state index in [4.69, 9.17) is 9.84 Å². The summed E-state index contributed by atoms with van der Waals surface area (Å²) in [6.45, 7) is 5.52. The second-order valence-corrected chi connectivity index (χ2v) is 11.0. The molecule has 1 aromatic heterocycles. The van der Waals surface area contributed by atoms with Gasteiger partial charge in [0.25, 0.3) is 5.91 Å². The fraction of sp³-hybridized carbons (Fsp3) is 0.621. The van der Waals surface area contributed by atoms with Crippen LogP contribution >= 0.6 is 0 Å². The van der Waals surface area contributed by atoms with E-state index in [1.165, 1.54) is 24.8 Å². The highest BCUT2D eigenvalue weighted by Crippen LogP contribution is 2.32. The van der Waals surface area contributed by atoms with E-state index in [1.54, 1.807) is 9.58 Å². The molecule has 2 fully saturated rings. The van der Waals surface area contributed by atoms with Crippen LogP contribution < -0.4 is 5.32 Å². The highest BCUT2D eigenvalue weighted by atomic mass is 16.5. The van der Waals surface area contributed by atoms with Crippen LogP contribution in [0.25, 0.3) is 11.3 Å². The molecule has 36 heavy (non-hydrogen) atoms. The molecule has 0 unspecified atom stereocenters. The normalized spacial score (nSPS) is 25.3. The monoisotopic (exact) mass is 492 g/mol. The molecule has 3 heterocycles. The van der Waals surface area contributed by atoms with E-state index in [1.807, 2.05) is 13.0 Å². The first kappa shape index (κ1) is 25.0. The van der Waals surface area contributed by atoms with Crippen molar-refractivity contribution in [2.24, 2.45) is 0 Å². The van der Waals surface area contributed by atoms with E-state index in [0.29, 0.717) is 25.4 Å². The summed E-state index contributed by atoms with van der Waals surface area (Å²) in [5.41, 5.74) is 2.53. The van der Waals surface area contributed by atoms with Crippen LogP contribution in [0.2, 0.25) is 0 Å². The van der Waals surface area contributed by atoms with Gasteiger partial charge in [-0.3, -0.25) is 14.3 Å². The molecule has 194 valence electrons. The lowest BCUT2D eigenvalue weighted by Crippen LogP contribution is -2.66. The standard InChI is InChI=1S/C29H40N4O3/c1-3-21-13-15-22(16-14-21)25-18-26-27(34)32(19-24-12-9-17-36-24)29(2,20-33(26)31-25)28(35)30-23-10-7-5-4-6-8-11-23/h13-16,18,23-24H,3-12,17,19-20H2,1-2H3,(H,30,35)/t24-,29-/m1/s1. The fourth-order valence-corrected chi connectivity index (χ4v) is 5.91. The van der Waals surface area contributed by atoms with Gasteiger partial charge in [0.15, 0.2) is 0 Å². The molecule has 7 nitrogen and oxygen atoms in total. The Hall–Kier alpha value is -2.67. The van der Waals surface area contributed by atoms with Crippen LogP contribution in [-0.4, -0.2) is 57.3 Å². The molecule has 5 rings (SSSR count). The maximum atomic E-state index is 13.9. The molecule has 1 saturated heterocycles. The summed E-state index contributed by atoms with van der Waals surface area (Å²) in [5.74, 6) is -0.217. The number of fused-ring (bicyclic) bond motifs is 1. The van der Waals surface area contributed by atoms with Crippen molar-refractivity contribution in [3.8, 4) is 11.3 Å². The Morgan fingerprint density at radius 3 is 2.47 bits per heavy atom. The van der Waals surface area contributed by atoms with Crippen LogP contribution in [0.5, 0.6) is 0 Å². The molecule has 1 N–H and O–H groups in total. The summed E-state index contributed by atoms with van der Waals surface area (Å²) in [6.07, 6.45) is 10.9. The molecule has 3 aliphatic rings. The second-order valence-electron chi connectivity index (χ2n) is 11.0. The predicted octanol–water partition coefficient (Wildman–Crippen LogP) is 4.74. The molecular weight excluding hydrogens is 452 g/mol. The van der Waals surface area contributed by atoms with Crippen LogP contribution in [0.1, 0.15) is 87.7 Å². The molecule has 2 atom stereocenters. The molecule has 2 amide bonds. The Bertz CT molecular complexity index is 1060. The first-order valence-corrected chi connectivity index (χ1v) is 13.9. The molecule has 1 aromatic carbocycles. The largest absolute Gasteiger partial charge is 0.376 e. The van der Waals surface area contributed by atoms with Gasteiger partial charge >= 0.3 is 0 Å². The maximum absolute atomic E-state index is 13.9. The van der Waals surface area contributed by atoms with Gasteiger partial charge in [-0.1, -0.05) is 63.3 Å². The van der Waals surface area contributed by atoms with Gasteiger partial charge in [0.2, 0.25) is 5.91 Å². The number of aryl methyl sites for hydroxylation is 1. The third kappa shape index (κ3) is 5.08. The van der Waals surface area contributed by atoms with Gasteiger partial charge in [-0.15, -0.1) is 0 Å². The van der Waals surface area contributed by atoms with Crippen LogP contribution in [0.15, 0.2) is 30.3 Å². The minimum absolute atomic E-state index is 0.0296. The van der Waals surface area contributed by atoms with Gasteiger partial charge in [0.1, 0.15) is 11.2 Å². The zero-order valence-corrected chi connectivity index (χ0v) is 21.8. The first-order chi connectivity index (χ1) is 17.5. The third-order valence-corrected chi connectivity index (χ3v) is 8.30. The van der Waals surface area contributed by atoms with Crippen LogP contribution in [-0.2, 0) is 22.5 Å². The number of carbonyl (C=O) groups is 2. The number of benzene rings is 1. The molecular formula is C29H40N4O3. The summed E-state index contributed by atoms with van der Waals surface area (Å²) in [5, 5.41) is 8.14. The van der Waals surface area contributed by atoms with E-state index >= 15 is 0 Å². The fourth-order valence-electron chi connectivity index (χ4n) is 5.91. The lowest BCUT2D eigenvalue weighted by molar-refractivity contribution is -0.134. The van der Waals surface area contributed by atoms with Crippen molar-refractivity contribution in [3.63, 3.8) is 0 Å². The number of rotatable bonds is 6. The molecule has 2 aliphatic heterocycles. The van der Waals surface area contributed by atoms with E-state index in [-0.39, 0.29) is 24.0 Å². The van der Waals surface area contributed by atoms with Crippen molar-refractivity contribution in [1.82, 2.24) is 20.0 Å². The van der Waals surface area contributed by atoms with Crippen LogP contribution in [0.3, 0.4) is 0 Å². The average Bonchev–Trinajstić information content (AvgIpc) is 3.53. The smallest absolute Gasteiger partial charge is 0.273 e. The third-order valence-electron chi connectivity index (χ3n) is 8.30. The van der Waals surface area contributed by atoms with Gasteiger partial charge in [0, 0.05) is 24.8 Å². The molecule has 7 heteroatoms. The molecule has 0 radical (unpaired) electrons. The SMILES string of the molecule is CCc1ccc(-c2cc3n(n2)C[C@](C)(C(=O)NC2CCCCCCC2)N(C[C@H]2CCCO2)C3=O)cc1. The van der Waals surface area contributed by atoms with Gasteiger partial charge in [-0.25, -0.2) is 0 Å². The van der Waals surface area contributed by atoms with E-state index in [2.05, 4.69) is 36.5 Å². The highest BCUT2D eigenvalue weighted by Gasteiger charge is 2.49. The van der Waals surface area contributed by atoms with Gasteiger partial charge in [-0.05, 0) is 50.7 Å². The second kappa shape index (κ2) is 10.8. The lowest BCUT2D eigenvalue weighted by atomic mass is 9.92. The molecule has 0 spiro atoms. The molecule has 0 bridgehead atoms. The van der Waals surface area contributed by atoms with Crippen LogP contribution in [0.4, 0.5) is 0 Å². The quantitative estimate of drug-likeness (QED) is 0.632. The minimum atomic E-state index is -1.02. The Balaban J connectivity index is 1.43. The lowest BCUT2D eigenvalue weighted by Gasteiger charge is -2.44. The number of aromatic nitrogens is 2. The minimum Gasteiger partial charge on any atom is -0.376 e. The Morgan fingerprint density at radius 1 is 1.08 bits per heavy atom. The summed E-state index contributed by atoms with van der Waals surface area (Å²) < 4.78 is 7.64. The topological polar surface area (TPSA) is 76.5 Å². The van der Waals surface area contributed by atoms with E-state index in [9.17, 15) is 9.59 Å². The summed E-state index contributed by atoms with van der Waals surface area (Å²) in [4.78, 5) is 29.5. The average molecular weight is 493 g/mol. The van der Waals surface area contributed by atoms with Crippen molar-refractivity contribution in [3.05, 3.63) is 41.6 Å². The Labute approximate surface area is 214 Å². The number of amides is 2. The van der Waals surface area contributed by atoms with Gasteiger partial charge < -0.3 is 15.0 Å². The van der Waals surface area contributed by atoms with Crippen molar-refractivity contribution in [2.45, 2.75) is 102 Å². The summed E-state index contributed by atoms with van der Waals surface area (Å²) in [7, 11) is 0. The van der Waals surface area contributed by atoms with Crippen molar-refractivity contribution >= 4 is 11.8 Å². The van der Waals surface area contributed by atoms with Gasteiger partial charge in [0.05, 0.1) is 18.3 Å². The number of carbonyl (C=O) groups excluding carboxylic acids is 2. The van der Waals surface area contributed by atoms with Crippen molar-refractivity contribution in [2.75, 3.05) is 13.2 Å². The van der Waals surface area contributed by atoms with Crippen molar-refractivity contribution < 1.29 is 14.3 Å². The molecule has 1 aliphatic carbocycles. The highest BCUT2D eigenvalue weighted by molar-refractivity contribution is 6.00.